The summed E-state index contributed by atoms with van der Waals surface area (Å²) in [6, 6.07) is 9.57. The van der Waals surface area contributed by atoms with Crippen LogP contribution in [0.15, 0.2) is 36.4 Å². The van der Waals surface area contributed by atoms with E-state index in [4.69, 9.17) is 15.2 Å². The smallest absolute Gasteiger partial charge is 0.272 e. The maximum Gasteiger partial charge on any atom is 0.272 e. The minimum atomic E-state index is -0.737. The molecule has 254 valence electrons. The van der Waals surface area contributed by atoms with Crippen LogP contribution < -0.4 is 15.2 Å². The fourth-order valence-corrected chi connectivity index (χ4v) is 7.72. The van der Waals surface area contributed by atoms with Crippen molar-refractivity contribution in [2.45, 2.75) is 127 Å². The molecule has 0 aromatic heterocycles. The molecule has 2 aromatic rings. The molecule has 0 amide bonds. The third-order valence-corrected chi connectivity index (χ3v) is 9.49. The molecule has 0 unspecified atom stereocenters. The second-order valence-corrected chi connectivity index (χ2v) is 14.7. The number of nitrogens with zero attached hydrogens (tertiary/aromatic N) is 3. The molecule has 0 saturated carbocycles. The number of benzene rings is 2. The lowest BCUT2D eigenvalue weighted by Crippen LogP contribution is -2.51. The molecular weight excluding hydrogens is 598 g/mol. The predicted octanol–water partition coefficient (Wildman–Crippen LogP) is 5.43. The highest BCUT2D eigenvalue weighted by molar-refractivity contribution is 5.43. The third-order valence-electron chi connectivity index (χ3n) is 9.49. The van der Waals surface area contributed by atoms with E-state index in [9.17, 15) is 29.1 Å². The number of ether oxygens (including phenoxy) is 2. The Morgan fingerprint density at radius 1 is 0.783 bits per heavy atom. The molecule has 2 aromatic carbocycles. The van der Waals surface area contributed by atoms with Gasteiger partial charge in [-0.2, -0.15) is 0 Å². The van der Waals surface area contributed by atoms with E-state index in [1.165, 1.54) is 18.2 Å². The van der Waals surface area contributed by atoms with Gasteiger partial charge < -0.3 is 25.4 Å². The molecule has 4 aliphatic rings. The van der Waals surface area contributed by atoms with E-state index in [2.05, 4.69) is 9.80 Å². The fraction of sp³-hybridized carbons (Fsp3) is 0.647. The summed E-state index contributed by atoms with van der Waals surface area (Å²) in [5, 5.41) is 30.8. The Labute approximate surface area is 269 Å². The first kappa shape index (κ1) is 34.3. The van der Waals surface area contributed by atoms with Gasteiger partial charge in [-0.3, -0.25) is 19.9 Å². The van der Waals surface area contributed by atoms with Crippen molar-refractivity contribution in [1.82, 2.24) is 9.80 Å². The van der Waals surface area contributed by atoms with Crippen LogP contribution >= 0.6 is 0 Å². The lowest BCUT2D eigenvalue weighted by Gasteiger charge is -2.41. The van der Waals surface area contributed by atoms with Crippen LogP contribution in [0.2, 0.25) is 0 Å². The quantitative estimate of drug-likeness (QED) is 0.185. The van der Waals surface area contributed by atoms with Crippen LogP contribution in [0.5, 0.6) is 11.5 Å². The summed E-state index contributed by atoms with van der Waals surface area (Å²) in [6.07, 6.45) is 7.64. The molecule has 0 radical (unpaired) electrons. The molecule has 4 bridgehead atoms. The van der Waals surface area contributed by atoms with Crippen molar-refractivity contribution in [2.24, 2.45) is 0 Å². The maximum absolute atomic E-state index is 14.0. The van der Waals surface area contributed by atoms with E-state index in [1.54, 1.807) is 26.0 Å². The number of hydrogen-bond donors (Lipinski definition) is 3. The summed E-state index contributed by atoms with van der Waals surface area (Å²) >= 11 is 0. The van der Waals surface area contributed by atoms with Crippen molar-refractivity contribution in [3.63, 3.8) is 0 Å². The average Bonchev–Trinajstić information content (AvgIpc) is 3.29. The van der Waals surface area contributed by atoms with E-state index in [1.807, 2.05) is 13.8 Å². The normalized spacial score (nSPS) is 28.0. The summed E-state index contributed by atoms with van der Waals surface area (Å²) in [5.41, 5.74) is 4.28. The zero-order valence-electron chi connectivity index (χ0n) is 27.2. The standard InChI is InChI=1S/C17H23FN2O4.C17H25FN2O2/c1-17(2,21)10-19-11-3-4-12(19)8-14(7-11)24-16-6-5-13(20(22)23)9-15(16)18;1-17(2,21)10-20-12-4-5-13(20)9-14(8-12)22-16-6-3-11(19)7-15(16)18/h5-6,9,11-12,14,21H,3-4,7-8,10H2,1-2H3;3,6-7,12-14,21H,4-5,8-10,19H2,1-2H3/t11-,12+,14+;12-,13+,14+. The van der Waals surface area contributed by atoms with Crippen LogP contribution in [0.3, 0.4) is 0 Å². The van der Waals surface area contributed by atoms with E-state index < -0.39 is 27.8 Å². The molecule has 6 atom stereocenters. The molecule has 4 N–H and O–H groups in total. The second-order valence-electron chi connectivity index (χ2n) is 14.7. The van der Waals surface area contributed by atoms with Gasteiger partial charge in [0.25, 0.3) is 5.69 Å². The highest BCUT2D eigenvalue weighted by Crippen LogP contribution is 2.40. The fourth-order valence-electron chi connectivity index (χ4n) is 7.72. The molecule has 4 saturated heterocycles. The van der Waals surface area contributed by atoms with E-state index in [0.717, 1.165) is 57.4 Å². The van der Waals surface area contributed by atoms with Gasteiger partial charge in [-0.15, -0.1) is 0 Å². The highest BCUT2D eigenvalue weighted by atomic mass is 19.1. The highest BCUT2D eigenvalue weighted by Gasteiger charge is 2.44. The Kier molecular flexibility index (Phi) is 10.1. The van der Waals surface area contributed by atoms with Crippen LogP contribution in [-0.4, -0.2) is 85.6 Å². The number of fused-ring (bicyclic) bond motifs is 4. The van der Waals surface area contributed by atoms with Crippen LogP contribution in [0.1, 0.15) is 79.1 Å². The number of hydrogen-bond acceptors (Lipinski definition) is 9. The average molecular weight is 647 g/mol. The van der Waals surface area contributed by atoms with Crippen molar-refractivity contribution < 1.29 is 33.4 Å². The lowest BCUT2D eigenvalue weighted by atomic mass is 9.97. The van der Waals surface area contributed by atoms with Crippen LogP contribution in [0.25, 0.3) is 0 Å². The first-order valence-corrected chi connectivity index (χ1v) is 16.3. The number of nitrogen functional groups attached to an aromatic ring is 1. The molecule has 4 fully saturated rings. The third kappa shape index (κ3) is 8.64. The van der Waals surface area contributed by atoms with Crippen LogP contribution in [0.4, 0.5) is 20.2 Å². The number of non-ortho nitro benzene ring substituents is 1. The summed E-state index contributed by atoms with van der Waals surface area (Å²) in [7, 11) is 0. The first-order valence-electron chi connectivity index (χ1n) is 16.3. The molecular formula is C34H48F2N4O6. The second kappa shape index (κ2) is 13.6. The maximum atomic E-state index is 14.0. The molecule has 0 spiro atoms. The Bertz CT molecular complexity index is 1350. The number of aliphatic hydroxyl groups is 2. The number of rotatable bonds is 9. The van der Waals surface area contributed by atoms with Gasteiger partial charge >= 0.3 is 0 Å². The molecule has 0 aliphatic carbocycles. The Morgan fingerprint density at radius 2 is 1.17 bits per heavy atom. The zero-order valence-corrected chi connectivity index (χ0v) is 27.2. The Morgan fingerprint density at radius 3 is 1.52 bits per heavy atom. The van der Waals surface area contributed by atoms with Gasteiger partial charge in [-0.1, -0.05) is 0 Å². The molecule has 6 rings (SSSR count). The Balaban J connectivity index is 0.000000182. The van der Waals surface area contributed by atoms with Gasteiger partial charge in [0.05, 0.1) is 22.2 Å². The summed E-state index contributed by atoms with van der Waals surface area (Å²) < 4.78 is 39.5. The van der Waals surface area contributed by atoms with Gasteiger partial charge in [-0.25, -0.2) is 8.78 Å². The molecule has 10 nitrogen and oxygen atoms in total. The van der Waals surface area contributed by atoms with Crippen molar-refractivity contribution >= 4 is 11.4 Å². The largest absolute Gasteiger partial charge is 0.487 e. The summed E-state index contributed by atoms with van der Waals surface area (Å²) in [4.78, 5) is 14.8. The van der Waals surface area contributed by atoms with Crippen LogP contribution in [-0.2, 0) is 0 Å². The van der Waals surface area contributed by atoms with E-state index in [-0.39, 0.29) is 29.4 Å². The van der Waals surface area contributed by atoms with Crippen LogP contribution in [0, 0.1) is 21.7 Å². The Hall–Kier alpha value is -3.06. The summed E-state index contributed by atoms with van der Waals surface area (Å²) in [6.45, 7) is 8.62. The number of halogens is 2. The van der Waals surface area contributed by atoms with Crippen molar-refractivity contribution in [3.8, 4) is 11.5 Å². The number of nitrogens with two attached hydrogens (primary N) is 1. The number of nitro benzene ring substituents is 1. The molecule has 4 heterocycles. The number of nitro groups is 1. The predicted molar refractivity (Wildman–Crippen MR) is 171 cm³/mol. The minimum Gasteiger partial charge on any atom is -0.487 e. The van der Waals surface area contributed by atoms with Crippen molar-refractivity contribution in [3.05, 3.63) is 58.1 Å². The molecule has 46 heavy (non-hydrogen) atoms. The van der Waals surface area contributed by atoms with E-state index in [0.29, 0.717) is 42.9 Å². The lowest BCUT2D eigenvalue weighted by molar-refractivity contribution is -0.385. The minimum absolute atomic E-state index is 0.0358. The zero-order chi connectivity index (χ0) is 33.4. The van der Waals surface area contributed by atoms with Gasteiger partial charge in [0.1, 0.15) is 12.2 Å². The summed E-state index contributed by atoms with van der Waals surface area (Å²) in [5.74, 6) is -0.739. The number of anilines is 1. The SMILES string of the molecule is CC(C)(O)CN1[C@@H]2CC[C@H]1C[C@@H](Oc1ccc(N)cc1F)C2.CC(C)(O)CN1[C@@H]2CC[C@H]1C[C@@H](Oc1ccc([N+](=O)[O-])cc1F)C2. The molecule has 4 aliphatic heterocycles. The monoisotopic (exact) mass is 646 g/mol. The number of piperidine rings is 2. The van der Waals surface area contributed by atoms with Gasteiger partial charge in [0.2, 0.25) is 0 Å². The van der Waals surface area contributed by atoms with Crippen molar-refractivity contribution in [2.75, 3.05) is 18.8 Å². The first-order chi connectivity index (χ1) is 21.5. The van der Waals surface area contributed by atoms with Gasteiger partial charge in [-0.05, 0) is 97.3 Å². The van der Waals surface area contributed by atoms with Gasteiger partial charge in [0, 0.05) is 55.1 Å². The van der Waals surface area contributed by atoms with E-state index >= 15 is 0 Å². The molecule has 12 heteroatoms. The van der Waals surface area contributed by atoms with Crippen molar-refractivity contribution in [1.29, 1.82) is 0 Å². The topological polar surface area (TPSA) is 135 Å². The van der Waals surface area contributed by atoms with Gasteiger partial charge in [0.15, 0.2) is 23.1 Å².